The van der Waals surface area contributed by atoms with Crippen molar-refractivity contribution in [1.29, 1.82) is 0 Å². The number of nitrogens with zero attached hydrogens (tertiary/aromatic N) is 5. The van der Waals surface area contributed by atoms with Crippen LogP contribution in [0.15, 0.2) is 41.7 Å². The van der Waals surface area contributed by atoms with Gasteiger partial charge >= 0.3 is 0 Å². The third-order valence-corrected chi connectivity index (χ3v) is 6.09. The molecule has 1 saturated heterocycles. The van der Waals surface area contributed by atoms with Crippen molar-refractivity contribution in [3.63, 3.8) is 0 Å². The first-order valence-electron chi connectivity index (χ1n) is 10.9. The molecule has 8 heteroatoms. The first-order valence-corrected chi connectivity index (χ1v) is 10.9. The van der Waals surface area contributed by atoms with E-state index in [1.54, 1.807) is 13.4 Å². The van der Waals surface area contributed by atoms with Gasteiger partial charge in [-0.1, -0.05) is 37.5 Å². The van der Waals surface area contributed by atoms with E-state index < -0.39 is 0 Å². The number of hydrogen-bond acceptors (Lipinski definition) is 4. The Balaban J connectivity index is 1.29. The van der Waals surface area contributed by atoms with E-state index in [0.29, 0.717) is 12.5 Å². The summed E-state index contributed by atoms with van der Waals surface area (Å²) in [5.41, 5.74) is 1.02. The van der Waals surface area contributed by atoms with Crippen molar-refractivity contribution in [2.45, 2.75) is 51.1 Å². The lowest BCUT2D eigenvalue weighted by molar-refractivity contribution is -0.135. The minimum Gasteiger partial charge on any atom is -0.352 e. The Morgan fingerprint density at radius 1 is 1.17 bits per heavy atom. The van der Waals surface area contributed by atoms with Crippen molar-refractivity contribution in [2.24, 2.45) is 10.9 Å². The van der Waals surface area contributed by atoms with E-state index in [2.05, 4.69) is 25.8 Å². The number of rotatable bonds is 5. The van der Waals surface area contributed by atoms with Gasteiger partial charge in [-0.2, -0.15) is 0 Å². The SMILES string of the molecule is CN=C(NCc1nncn1-c1ccccc1)NC1CCN(C(=O)C2CCCCC2)C1. The first-order chi connectivity index (χ1) is 14.7. The van der Waals surface area contributed by atoms with Gasteiger partial charge in [0.2, 0.25) is 5.91 Å². The van der Waals surface area contributed by atoms with Gasteiger partial charge in [0.05, 0.1) is 6.54 Å². The number of carbonyl (C=O) groups is 1. The molecule has 1 aromatic heterocycles. The molecule has 1 amide bonds. The van der Waals surface area contributed by atoms with Gasteiger partial charge in [-0.05, 0) is 31.4 Å². The molecular weight excluding hydrogens is 378 g/mol. The predicted molar refractivity (Wildman–Crippen MR) is 116 cm³/mol. The molecule has 2 aromatic rings. The Bertz CT molecular complexity index is 857. The summed E-state index contributed by atoms with van der Waals surface area (Å²) in [5.74, 6) is 2.11. The van der Waals surface area contributed by atoms with Crippen LogP contribution in [-0.4, -0.2) is 57.7 Å². The average Bonchev–Trinajstić information content (AvgIpc) is 3.47. The van der Waals surface area contributed by atoms with Gasteiger partial charge < -0.3 is 15.5 Å². The largest absolute Gasteiger partial charge is 0.352 e. The third kappa shape index (κ3) is 4.80. The van der Waals surface area contributed by atoms with Crippen molar-refractivity contribution in [3.05, 3.63) is 42.5 Å². The second-order valence-corrected chi connectivity index (χ2v) is 8.13. The van der Waals surface area contributed by atoms with E-state index in [9.17, 15) is 4.79 Å². The summed E-state index contributed by atoms with van der Waals surface area (Å²) in [5, 5.41) is 15.1. The zero-order valence-corrected chi connectivity index (χ0v) is 17.6. The molecule has 4 rings (SSSR count). The molecule has 0 spiro atoms. The highest BCUT2D eigenvalue weighted by Crippen LogP contribution is 2.26. The molecule has 1 aromatic carbocycles. The molecule has 2 N–H and O–H groups in total. The third-order valence-electron chi connectivity index (χ3n) is 6.09. The number of carbonyl (C=O) groups excluding carboxylic acids is 1. The molecule has 0 radical (unpaired) electrons. The molecule has 8 nitrogen and oxygen atoms in total. The van der Waals surface area contributed by atoms with Crippen LogP contribution >= 0.6 is 0 Å². The molecule has 2 fully saturated rings. The highest BCUT2D eigenvalue weighted by molar-refractivity contribution is 5.81. The number of hydrogen-bond donors (Lipinski definition) is 2. The number of guanidine groups is 1. The van der Waals surface area contributed by atoms with Crippen molar-refractivity contribution in [1.82, 2.24) is 30.3 Å². The van der Waals surface area contributed by atoms with Gasteiger partial charge in [-0.3, -0.25) is 14.4 Å². The summed E-state index contributed by atoms with van der Waals surface area (Å²) >= 11 is 0. The summed E-state index contributed by atoms with van der Waals surface area (Å²) in [6.45, 7) is 2.08. The minimum atomic E-state index is 0.218. The van der Waals surface area contributed by atoms with Gasteiger partial charge in [0.1, 0.15) is 6.33 Å². The number of likely N-dealkylation sites (tertiary alicyclic amines) is 1. The average molecular weight is 410 g/mol. The highest BCUT2D eigenvalue weighted by Gasteiger charge is 2.31. The highest BCUT2D eigenvalue weighted by atomic mass is 16.2. The van der Waals surface area contributed by atoms with Crippen molar-refractivity contribution >= 4 is 11.9 Å². The number of para-hydroxylation sites is 1. The molecule has 2 heterocycles. The fraction of sp³-hybridized carbons (Fsp3) is 0.545. The Morgan fingerprint density at radius 2 is 1.97 bits per heavy atom. The van der Waals surface area contributed by atoms with Crippen LogP contribution in [0, 0.1) is 5.92 Å². The van der Waals surface area contributed by atoms with Crippen molar-refractivity contribution in [2.75, 3.05) is 20.1 Å². The number of benzene rings is 1. The quantitative estimate of drug-likeness (QED) is 0.583. The van der Waals surface area contributed by atoms with Crippen LogP contribution in [0.5, 0.6) is 0 Å². The maximum Gasteiger partial charge on any atom is 0.225 e. The normalized spacial score (nSPS) is 20.4. The molecule has 2 aliphatic rings. The Kier molecular flexibility index (Phi) is 6.61. The van der Waals surface area contributed by atoms with Crippen LogP contribution in [0.2, 0.25) is 0 Å². The van der Waals surface area contributed by atoms with E-state index in [1.807, 2.05) is 39.8 Å². The van der Waals surface area contributed by atoms with Crippen LogP contribution in [0.3, 0.4) is 0 Å². The number of nitrogens with one attached hydrogen (secondary N) is 2. The summed E-state index contributed by atoms with van der Waals surface area (Å²) < 4.78 is 1.96. The predicted octanol–water partition coefficient (Wildman–Crippen LogP) is 2.11. The molecule has 1 aliphatic carbocycles. The Labute approximate surface area is 177 Å². The summed E-state index contributed by atoms with van der Waals surface area (Å²) in [7, 11) is 1.76. The second-order valence-electron chi connectivity index (χ2n) is 8.13. The number of amides is 1. The van der Waals surface area contributed by atoms with Crippen LogP contribution in [0.25, 0.3) is 5.69 Å². The molecule has 1 atom stereocenters. The van der Waals surface area contributed by atoms with E-state index in [0.717, 1.165) is 49.8 Å². The molecule has 1 aliphatic heterocycles. The van der Waals surface area contributed by atoms with Gasteiger partial charge in [0.15, 0.2) is 11.8 Å². The maximum atomic E-state index is 12.8. The molecule has 1 saturated carbocycles. The smallest absolute Gasteiger partial charge is 0.225 e. The van der Waals surface area contributed by atoms with Gasteiger partial charge in [-0.25, -0.2) is 0 Å². The zero-order valence-electron chi connectivity index (χ0n) is 17.6. The topological polar surface area (TPSA) is 87.4 Å². The zero-order chi connectivity index (χ0) is 20.8. The molecule has 0 bridgehead atoms. The lowest BCUT2D eigenvalue weighted by atomic mass is 9.88. The Hall–Kier alpha value is -2.90. The van der Waals surface area contributed by atoms with Crippen LogP contribution in [-0.2, 0) is 11.3 Å². The van der Waals surface area contributed by atoms with Crippen LogP contribution in [0.1, 0.15) is 44.3 Å². The second kappa shape index (κ2) is 9.73. The summed E-state index contributed by atoms with van der Waals surface area (Å²) in [6.07, 6.45) is 8.42. The van der Waals surface area contributed by atoms with E-state index in [4.69, 9.17) is 0 Å². The molecule has 160 valence electrons. The monoisotopic (exact) mass is 409 g/mol. The lowest BCUT2D eigenvalue weighted by Crippen LogP contribution is -2.45. The van der Waals surface area contributed by atoms with Crippen molar-refractivity contribution < 1.29 is 4.79 Å². The van der Waals surface area contributed by atoms with Gasteiger partial charge in [-0.15, -0.1) is 10.2 Å². The molecule has 30 heavy (non-hydrogen) atoms. The number of aliphatic imine (C=N–C) groups is 1. The Morgan fingerprint density at radius 3 is 2.73 bits per heavy atom. The molecule has 1 unspecified atom stereocenters. The number of aromatic nitrogens is 3. The lowest BCUT2D eigenvalue weighted by Gasteiger charge is -2.26. The molecular formula is C22H31N7O. The van der Waals surface area contributed by atoms with Gasteiger partial charge in [0.25, 0.3) is 0 Å². The standard InChI is InChI=1S/C22H31N7O/c1-23-22(24-14-20-27-25-16-29(20)19-10-6-3-7-11-19)26-18-12-13-28(15-18)21(30)17-8-4-2-5-9-17/h3,6-7,10-11,16-18H,2,4-5,8-9,12-15H2,1H3,(H2,23,24,26). The van der Waals surface area contributed by atoms with Gasteiger partial charge in [0, 0.05) is 37.8 Å². The fourth-order valence-electron chi connectivity index (χ4n) is 4.42. The first kappa shape index (κ1) is 20.4. The van der Waals surface area contributed by atoms with Crippen molar-refractivity contribution in [3.8, 4) is 5.69 Å². The summed E-state index contributed by atoms with van der Waals surface area (Å²) in [4.78, 5) is 19.2. The van der Waals surface area contributed by atoms with Crippen LogP contribution in [0.4, 0.5) is 0 Å². The van der Waals surface area contributed by atoms with E-state index in [1.165, 1.54) is 19.3 Å². The fourth-order valence-corrected chi connectivity index (χ4v) is 4.42. The maximum absolute atomic E-state index is 12.8. The minimum absolute atomic E-state index is 0.218. The summed E-state index contributed by atoms with van der Waals surface area (Å²) in [6, 6.07) is 10.2. The van der Waals surface area contributed by atoms with E-state index in [-0.39, 0.29) is 12.0 Å². The van der Waals surface area contributed by atoms with E-state index >= 15 is 0 Å². The van der Waals surface area contributed by atoms with Crippen LogP contribution < -0.4 is 10.6 Å².